The molecule has 2 aliphatic heterocycles. The summed E-state index contributed by atoms with van der Waals surface area (Å²) >= 11 is 1.59. The maximum atomic E-state index is 14.0. The Morgan fingerprint density at radius 2 is 1.90 bits per heavy atom. The molecule has 3 heterocycles. The van der Waals surface area contributed by atoms with Crippen LogP contribution in [0.25, 0.3) is 10.4 Å². The summed E-state index contributed by atoms with van der Waals surface area (Å²) in [7, 11) is 0. The predicted molar refractivity (Wildman–Crippen MR) is 156 cm³/mol. The van der Waals surface area contributed by atoms with E-state index < -0.39 is 18.2 Å². The van der Waals surface area contributed by atoms with Crippen molar-refractivity contribution in [2.45, 2.75) is 71.2 Å². The van der Waals surface area contributed by atoms with Crippen molar-refractivity contribution in [3.8, 4) is 16.5 Å². The summed E-state index contributed by atoms with van der Waals surface area (Å²) in [6.45, 7) is 7.92. The fourth-order valence-corrected chi connectivity index (χ4v) is 6.90. The number of thiazole rings is 1. The molecule has 1 saturated heterocycles. The van der Waals surface area contributed by atoms with Crippen molar-refractivity contribution in [1.82, 2.24) is 14.8 Å². The average molecular weight is 571 g/mol. The molecule has 0 bridgehead atoms. The molecular formula is C32H34N4O4S. The Bertz CT molecular complexity index is 1520. The fourth-order valence-electron chi connectivity index (χ4n) is 6.09. The summed E-state index contributed by atoms with van der Waals surface area (Å²) in [5.41, 5.74) is 6.40. The summed E-state index contributed by atoms with van der Waals surface area (Å²) in [5.74, 6) is -1.05. The van der Waals surface area contributed by atoms with E-state index in [1.165, 1.54) is 9.80 Å². The highest BCUT2D eigenvalue weighted by atomic mass is 32.1. The van der Waals surface area contributed by atoms with E-state index in [1.807, 2.05) is 57.5 Å². The molecule has 9 heteroatoms. The van der Waals surface area contributed by atoms with Crippen molar-refractivity contribution in [3.63, 3.8) is 0 Å². The van der Waals surface area contributed by atoms with Crippen molar-refractivity contribution >= 4 is 28.9 Å². The first-order valence-electron chi connectivity index (χ1n) is 13.9. The highest BCUT2D eigenvalue weighted by Crippen LogP contribution is 2.33. The second-order valence-corrected chi connectivity index (χ2v) is 12.3. The van der Waals surface area contributed by atoms with Gasteiger partial charge >= 0.3 is 0 Å². The first-order valence-corrected chi connectivity index (χ1v) is 14.8. The zero-order chi connectivity index (χ0) is 29.4. The third-order valence-corrected chi connectivity index (χ3v) is 9.24. The smallest absolute Gasteiger partial charge is 0.255 e. The second-order valence-electron chi connectivity index (χ2n) is 11.4. The first kappa shape index (κ1) is 28.7. The number of rotatable bonds is 8. The minimum Gasteiger partial charge on any atom is -0.391 e. The minimum atomic E-state index is -0.817. The number of carbonyl (C=O) groups excluding carboxylic acids is 3. The van der Waals surface area contributed by atoms with E-state index in [0.717, 1.165) is 21.7 Å². The van der Waals surface area contributed by atoms with E-state index in [2.05, 4.69) is 11.1 Å². The van der Waals surface area contributed by atoms with Crippen molar-refractivity contribution in [2.24, 2.45) is 5.92 Å². The third-order valence-electron chi connectivity index (χ3n) is 8.27. The van der Waals surface area contributed by atoms with Gasteiger partial charge in [0.2, 0.25) is 5.91 Å². The molecule has 4 atom stereocenters. The molecule has 41 heavy (non-hydrogen) atoms. The molecule has 3 aromatic rings. The molecule has 0 aliphatic carbocycles. The first-order chi connectivity index (χ1) is 19.6. The van der Waals surface area contributed by atoms with Crippen LogP contribution in [-0.2, 0) is 16.1 Å². The number of hydrogen-bond donors (Lipinski definition) is 1. The van der Waals surface area contributed by atoms with E-state index in [-0.39, 0.29) is 55.4 Å². The molecule has 212 valence electrons. The van der Waals surface area contributed by atoms with Crippen molar-refractivity contribution in [3.05, 3.63) is 75.9 Å². The van der Waals surface area contributed by atoms with E-state index in [9.17, 15) is 24.8 Å². The Morgan fingerprint density at radius 3 is 2.54 bits per heavy atom. The van der Waals surface area contributed by atoms with Crippen molar-refractivity contribution in [1.29, 1.82) is 5.26 Å². The van der Waals surface area contributed by atoms with Gasteiger partial charge in [-0.3, -0.25) is 14.4 Å². The largest absolute Gasteiger partial charge is 0.391 e. The maximum absolute atomic E-state index is 14.0. The molecule has 1 aromatic heterocycles. The molecule has 2 aliphatic rings. The topological polar surface area (TPSA) is 115 Å². The van der Waals surface area contributed by atoms with E-state index in [1.54, 1.807) is 29.5 Å². The molecule has 0 radical (unpaired) electrons. The van der Waals surface area contributed by atoms with Crippen LogP contribution >= 0.6 is 11.3 Å². The Kier molecular flexibility index (Phi) is 8.07. The van der Waals surface area contributed by atoms with Gasteiger partial charge in [-0.2, -0.15) is 5.26 Å². The predicted octanol–water partition coefficient (Wildman–Crippen LogP) is 4.70. The van der Waals surface area contributed by atoms with Crippen LogP contribution in [0.15, 0.2) is 48.0 Å². The number of aliphatic hydroxyl groups is 1. The van der Waals surface area contributed by atoms with E-state index >= 15 is 0 Å². The number of nitriles is 1. The van der Waals surface area contributed by atoms with Crippen LogP contribution in [0.4, 0.5) is 0 Å². The van der Waals surface area contributed by atoms with E-state index in [4.69, 9.17) is 0 Å². The highest BCUT2D eigenvalue weighted by Gasteiger charge is 2.46. The molecule has 1 fully saturated rings. The van der Waals surface area contributed by atoms with Crippen molar-refractivity contribution < 1.29 is 19.5 Å². The number of Topliss-reactive ketones (excluding diaryl/α,β-unsaturated/α-hetero) is 1. The number of carbonyl (C=O) groups is 3. The lowest BCUT2D eigenvalue weighted by Gasteiger charge is -2.35. The second kappa shape index (κ2) is 11.6. The average Bonchev–Trinajstić information content (AvgIpc) is 3.65. The number of likely N-dealkylation sites (tertiary alicyclic amines) is 1. The standard InChI is InChI=1S/C32H34N4O4S/c1-18(2)29(36-16-26-23(14-33)6-5-7-25(26)31(36)39)32(40)35-15-24(37)13-27(35)28(38)12-19(3)21-8-10-22(11-9-21)30-20(4)34-17-41-30/h5-11,17-19,24,27,29,37H,12-13,15-16H2,1-4H3/t19-,24-,27+,29+/m1/s1. The highest BCUT2D eigenvalue weighted by molar-refractivity contribution is 7.13. The lowest BCUT2D eigenvalue weighted by Crippen LogP contribution is -2.54. The molecular weight excluding hydrogens is 536 g/mol. The number of aliphatic hydroxyl groups excluding tert-OH is 1. The van der Waals surface area contributed by atoms with Crippen LogP contribution in [0.2, 0.25) is 0 Å². The van der Waals surface area contributed by atoms with Crippen LogP contribution in [-0.4, -0.2) is 62.2 Å². The zero-order valence-electron chi connectivity index (χ0n) is 23.7. The minimum absolute atomic E-state index is 0.0498. The Balaban J connectivity index is 1.32. The summed E-state index contributed by atoms with van der Waals surface area (Å²) in [5, 5.41) is 20.1. The number of aromatic nitrogens is 1. The number of β-amino-alcohol motifs (C(OH)–C–C–N with tert-alkyl or cyclic N) is 1. The van der Waals surface area contributed by atoms with Gasteiger partial charge in [-0.1, -0.05) is 51.1 Å². The lowest BCUT2D eigenvalue weighted by molar-refractivity contribution is -0.143. The molecule has 2 amide bonds. The van der Waals surface area contributed by atoms with Gasteiger partial charge < -0.3 is 14.9 Å². The molecule has 0 spiro atoms. The lowest BCUT2D eigenvalue weighted by atomic mass is 9.91. The van der Waals surface area contributed by atoms with Gasteiger partial charge in [0.15, 0.2) is 5.78 Å². The van der Waals surface area contributed by atoms with Crippen LogP contribution in [0.3, 0.4) is 0 Å². The van der Waals surface area contributed by atoms with Crippen molar-refractivity contribution in [2.75, 3.05) is 6.54 Å². The summed E-state index contributed by atoms with van der Waals surface area (Å²) in [6, 6.07) is 13.7. The van der Waals surface area contributed by atoms with Crippen LogP contribution < -0.4 is 0 Å². The number of fused-ring (bicyclic) bond motifs is 1. The molecule has 8 nitrogen and oxygen atoms in total. The fraction of sp³-hybridized carbons (Fsp3) is 0.406. The van der Waals surface area contributed by atoms with E-state index in [0.29, 0.717) is 16.7 Å². The van der Waals surface area contributed by atoms with Gasteiger partial charge in [0.1, 0.15) is 6.04 Å². The summed E-state index contributed by atoms with van der Waals surface area (Å²) in [6.07, 6.45) is -0.403. The number of amides is 2. The number of aryl methyl sites for hydroxylation is 1. The van der Waals surface area contributed by atoms with Gasteiger partial charge in [-0.25, -0.2) is 4.98 Å². The van der Waals surface area contributed by atoms with Gasteiger partial charge in [0.25, 0.3) is 5.91 Å². The van der Waals surface area contributed by atoms with Crippen LogP contribution in [0.1, 0.15) is 72.3 Å². The number of benzene rings is 2. The number of nitrogens with zero attached hydrogens (tertiary/aromatic N) is 4. The molecule has 5 rings (SSSR count). The molecule has 2 aromatic carbocycles. The van der Waals surface area contributed by atoms with Crippen LogP contribution in [0, 0.1) is 24.2 Å². The Hall–Kier alpha value is -3.87. The monoisotopic (exact) mass is 570 g/mol. The van der Waals surface area contributed by atoms with Gasteiger partial charge in [-0.15, -0.1) is 11.3 Å². The van der Waals surface area contributed by atoms with Gasteiger partial charge in [-0.05, 0) is 42.0 Å². The van der Waals surface area contributed by atoms with Gasteiger partial charge in [0.05, 0.1) is 39.9 Å². The number of ketones is 1. The maximum Gasteiger partial charge on any atom is 0.255 e. The molecule has 1 N–H and O–H groups in total. The molecule has 0 saturated carbocycles. The summed E-state index contributed by atoms with van der Waals surface area (Å²) in [4.78, 5) is 49.4. The Labute approximate surface area is 244 Å². The third kappa shape index (κ3) is 5.42. The van der Waals surface area contributed by atoms with Crippen LogP contribution in [0.5, 0.6) is 0 Å². The summed E-state index contributed by atoms with van der Waals surface area (Å²) < 4.78 is 0. The normalized spacial score (nSPS) is 19.8. The van der Waals surface area contributed by atoms with Gasteiger partial charge in [0, 0.05) is 37.1 Å². The zero-order valence-corrected chi connectivity index (χ0v) is 24.5. The number of hydrogen-bond acceptors (Lipinski definition) is 7. The quantitative estimate of drug-likeness (QED) is 0.420. The molecule has 0 unspecified atom stereocenters. The Morgan fingerprint density at radius 1 is 1.17 bits per heavy atom. The SMILES string of the molecule is Cc1ncsc1-c1ccc([C@H](C)CC(=O)[C@@H]2C[C@@H](O)CN2C(=O)[C@H](C(C)C)N2Cc3c(C#N)cccc3C2=O)cc1.